The number of nitrogens with zero attached hydrogens (tertiary/aromatic N) is 1. The van der Waals surface area contributed by atoms with Gasteiger partial charge in [-0.25, -0.2) is 0 Å². The smallest absolute Gasteiger partial charge is 0.311 e. The number of carboxylic acids is 1. The lowest BCUT2D eigenvalue weighted by molar-refractivity contribution is -0.151. The van der Waals surface area contributed by atoms with Crippen molar-refractivity contribution in [3.8, 4) is 0 Å². The number of rotatable bonds is 3. The second-order valence-corrected chi connectivity index (χ2v) is 5.82. The fraction of sp³-hybridized carbons (Fsp3) is 0.846. The molecule has 2 saturated heterocycles. The van der Waals surface area contributed by atoms with Gasteiger partial charge < -0.3 is 15.3 Å². The third kappa shape index (κ3) is 2.11. The van der Waals surface area contributed by atoms with E-state index in [0.717, 1.165) is 19.5 Å². The summed E-state index contributed by atoms with van der Waals surface area (Å²) >= 11 is 0. The first-order valence-electron chi connectivity index (χ1n) is 6.70. The molecule has 0 saturated carbocycles. The van der Waals surface area contributed by atoms with Crippen molar-refractivity contribution in [1.29, 1.82) is 0 Å². The van der Waals surface area contributed by atoms with Crippen molar-refractivity contribution in [3.05, 3.63) is 0 Å². The second kappa shape index (κ2) is 4.88. The zero-order valence-corrected chi connectivity index (χ0v) is 11.1. The molecule has 0 aromatic rings. The summed E-state index contributed by atoms with van der Waals surface area (Å²) in [4.78, 5) is 25.5. The second-order valence-electron chi connectivity index (χ2n) is 5.82. The molecule has 2 unspecified atom stereocenters. The molecular formula is C13H22N2O3. The minimum absolute atomic E-state index is 0.0433. The minimum Gasteiger partial charge on any atom is -0.481 e. The number of hydrogen-bond donors (Lipinski definition) is 2. The third-order valence-electron chi connectivity index (χ3n) is 4.55. The Labute approximate surface area is 108 Å². The molecule has 0 aromatic carbocycles. The van der Waals surface area contributed by atoms with E-state index in [1.54, 1.807) is 4.90 Å². The fourth-order valence-corrected chi connectivity index (χ4v) is 3.04. The Balaban J connectivity index is 2.06. The van der Waals surface area contributed by atoms with Gasteiger partial charge in [-0.2, -0.15) is 0 Å². The zero-order valence-electron chi connectivity index (χ0n) is 11.1. The van der Waals surface area contributed by atoms with E-state index in [2.05, 4.69) is 5.32 Å². The number of hydrogen-bond acceptors (Lipinski definition) is 3. The highest BCUT2D eigenvalue weighted by Crippen LogP contribution is 2.38. The highest BCUT2D eigenvalue weighted by Gasteiger charge is 2.49. The van der Waals surface area contributed by atoms with Gasteiger partial charge in [-0.15, -0.1) is 0 Å². The van der Waals surface area contributed by atoms with E-state index in [-0.39, 0.29) is 17.7 Å². The number of carboxylic acid groups (broad SMARTS) is 1. The van der Waals surface area contributed by atoms with Crippen LogP contribution in [-0.4, -0.2) is 48.1 Å². The summed E-state index contributed by atoms with van der Waals surface area (Å²) in [5.41, 5.74) is -0.748. The normalized spacial score (nSPS) is 32.2. The average Bonchev–Trinajstić information content (AvgIpc) is 2.98. The van der Waals surface area contributed by atoms with Crippen LogP contribution < -0.4 is 5.32 Å². The maximum Gasteiger partial charge on any atom is 0.311 e. The summed E-state index contributed by atoms with van der Waals surface area (Å²) in [6.07, 6.45) is 1.45. The summed E-state index contributed by atoms with van der Waals surface area (Å²) in [7, 11) is 0. The first-order chi connectivity index (χ1) is 8.47. The number of likely N-dealkylation sites (tertiary alicyclic amines) is 1. The lowest BCUT2D eigenvalue weighted by Gasteiger charge is -2.29. The highest BCUT2D eigenvalue weighted by molar-refractivity contribution is 5.82. The predicted octanol–water partition coefficient (Wildman–Crippen LogP) is 0.555. The maximum absolute atomic E-state index is 12.3. The van der Waals surface area contributed by atoms with Crippen LogP contribution in [0.2, 0.25) is 0 Å². The number of nitrogens with one attached hydrogen (secondary N) is 1. The van der Waals surface area contributed by atoms with Crippen molar-refractivity contribution < 1.29 is 14.7 Å². The monoisotopic (exact) mass is 254 g/mol. The average molecular weight is 254 g/mol. The van der Waals surface area contributed by atoms with Crippen LogP contribution in [0, 0.1) is 17.3 Å². The molecule has 102 valence electrons. The van der Waals surface area contributed by atoms with Gasteiger partial charge >= 0.3 is 5.97 Å². The lowest BCUT2D eigenvalue weighted by Crippen LogP contribution is -2.42. The Hall–Kier alpha value is -1.10. The number of aliphatic carboxylic acids is 1. The summed E-state index contributed by atoms with van der Waals surface area (Å²) in [6.45, 7) is 6.43. The van der Waals surface area contributed by atoms with Gasteiger partial charge in [0.05, 0.1) is 11.3 Å². The Morgan fingerprint density at radius 3 is 2.61 bits per heavy atom. The van der Waals surface area contributed by atoms with Gasteiger partial charge in [-0.05, 0) is 25.3 Å². The zero-order chi connectivity index (χ0) is 13.3. The van der Waals surface area contributed by atoms with Crippen LogP contribution in [0.1, 0.15) is 26.7 Å². The van der Waals surface area contributed by atoms with Crippen LogP contribution >= 0.6 is 0 Å². The van der Waals surface area contributed by atoms with Gasteiger partial charge in [0.25, 0.3) is 0 Å². The van der Waals surface area contributed by atoms with Crippen molar-refractivity contribution in [1.82, 2.24) is 10.2 Å². The lowest BCUT2D eigenvalue weighted by atomic mass is 9.76. The van der Waals surface area contributed by atoms with Gasteiger partial charge in [0.2, 0.25) is 5.91 Å². The third-order valence-corrected chi connectivity index (χ3v) is 4.55. The SMILES string of the molecule is CC(C)C1(C(=O)O)CCN(C(=O)C2CCNC2)C1. The van der Waals surface area contributed by atoms with Crippen LogP contribution in [0.3, 0.4) is 0 Å². The Morgan fingerprint density at radius 1 is 1.44 bits per heavy atom. The molecule has 0 aliphatic carbocycles. The van der Waals surface area contributed by atoms with E-state index in [1.165, 1.54) is 0 Å². The maximum atomic E-state index is 12.3. The van der Waals surface area contributed by atoms with Crippen molar-refractivity contribution in [2.45, 2.75) is 26.7 Å². The predicted molar refractivity (Wildman–Crippen MR) is 67.1 cm³/mol. The van der Waals surface area contributed by atoms with Crippen molar-refractivity contribution in [2.75, 3.05) is 26.2 Å². The first kappa shape index (κ1) is 13.3. The summed E-state index contributed by atoms with van der Waals surface area (Å²) in [5, 5.41) is 12.6. The molecule has 2 heterocycles. The van der Waals surface area contributed by atoms with E-state index >= 15 is 0 Å². The van der Waals surface area contributed by atoms with Gasteiger partial charge in [-0.3, -0.25) is 9.59 Å². The Bertz CT molecular complexity index is 350. The Morgan fingerprint density at radius 2 is 2.17 bits per heavy atom. The molecule has 2 rings (SSSR count). The molecule has 2 fully saturated rings. The van der Waals surface area contributed by atoms with Crippen LogP contribution in [0.25, 0.3) is 0 Å². The molecule has 2 N–H and O–H groups in total. The van der Waals surface area contributed by atoms with Crippen molar-refractivity contribution >= 4 is 11.9 Å². The molecule has 2 aliphatic rings. The van der Waals surface area contributed by atoms with Crippen LogP contribution in [0.4, 0.5) is 0 Å². The number of carbonyl (C=O) groups is 2. The first-order valence-corrected chi connectivity index (χ1v) is 6.70. The standard InChI is InChI=1S/C13H22N2O3/c1-9(2)13(12(17)18)4-6-15(8-13)11(16)10-3-5-14-7-10/h9-10,14H,3-8H2,1-2H3,(H,17,18). The van der Waals surface area contributed by atoms with Crippen LogP contribution in [0.15, 0.2) is 0 Å². The van der Waals surface area contributed by atoms with Gasteiger partial charge in [0, 0.05) is 19.6 Å². The molecule has 0 radical (unpaired) electrons. The highest BCUT2D eigenvalue weighted by atomic mass is 16.4. The molecule has 2 atom stereocenters. The summed E-state index contributed by atoms with van der Waals surface area (Å²) < 4.78 is 0. The fourth-order valence-electron chi connectivity index (χ4n) is 3.04. The van der Waals surface area contributed by atoms with Gasteiger partial charge in [0.1, 0.15) is 0 Å². The van der Waals surface area contributed by atoms with Crippen molar-refractivity contribution in [2.24, 2.45) is 17.3 Å². The van der Waals surface area contributed by atoms with Gasteiger partial charge in [0.15, 0.2) is 0 Å². The number of carbonyl (C=O) groups excluding carboxylic acids is 1. The molecule has 5 nitrogen and oxygen atoms in total. The molecule has 0 spiro atoms. The topological polar surface area (TPSA) is 69.6 Å². The molecule has 2 aliphatic heterocycles. The molecule has 0 aromatic heterocycles. The van der Waals surface area contributed by atoms with E-state index in [1.807, 2.05) is 13.8 Å². The largest absolute Gasteiger partial charge is 0.481 e. The quantitative estimate of drug-likeness (QED) is 0.772. The van der Waals surface area contributed by atoms with Crippen molar-refractivity contribution in [3.63, 3.8) is 0 Å². The molecular weight excluding hydrogens is 232 g/mol. The van der Waals surface area contributed by atoms with E-state index < -0.39 is 11.4 Å². The molecule has 1 amide bonds. The number of amides is 1. The molecule has 5 heteroatoms. The van der Waals surface area contributed by atoms with Gasteiger partial charge in [-0.1, -0.05) is 13.8 Å². The summed E-state index contributed by atoms with van der Waals surface area (Å²) in [5.74, 6) is -0.544. The molecule has 0 bridgehead atoms. The molecule has 18 heavy (non-hydrogen) atoms. The van der Waals surface area contributed by atoms with E-state index in [0.29, 0.717) is 19.5 Å². The summed E-state index contributed by atoms with van der Waals surface area (Å²) in [6, 6.07) is 0. The van der Waals surface area contributed by atoms with Crippen LogP contribution in [0.5, 0.6) is 0 Å². The van der Waals surface area contributed by atoms with E-state index in [4.69, 9.17) is 0 Å². The minimum atomic E-state index is -0.766. The van der Waals surface area contributed by atoms with Crippen LogP contribution in [-0.2, 0) is 9.59 Å². The van der Waals surface area contributed by atoms with E-state index in [9.17, 15) is 14.7 Å². The Kier molecular flexibility index (Phi) is 3.61.